The molecule has 1 saturated heterocycles. The number of carbonyl (C=O) groups excluding carboxylic acids is 1. The van der Waals surface area contributed by atoms with Crippen LogP contribution >= 0.6 is 24.0 Å². The average molecular weight is 462 g/mol. The van der Waals surface area contributed by atoms with Gasteiger partial charge in [0.2, 0.25) is 0 Å². The van der Waals surface area contributed by atoms with Crippen molar-refractivity contribution in [2.45, 2.75) is 53.0 Å². The summed E-state index contributed by atoms with van der Waals surface area (Å²) >= 11 is 0. The Hall–Kier alpha value is -1.25. The van der Waals surface area contributed by atoms with E-state index in [2.05, 4.69) is 31.0 Å². The molecule has 1 amide bonds. The van der Waals surface area contributed by atoms with E-state index < -0.39 is 5.91 Å². The zero-order chi connectivity index (χ0) is 17.6. The molecule has 6 nitrogen and oxygen atoms in total. The van der Waals surface area contributed by atoms with E-state index in [4.69, 9.17) is 15.1 Å². The predicted octanol–water partition coefficient (Wildman–Crippen LogP) is 3.36. The van der Waals surface area contributed by atoms with Crippen molar-refractivity contribution < 1.29 is 9.21 Å². The summed E-state index contributed by atoms with van der Waals surface area (Å²) in [5.41, 5.74) is 5.57. The highest BCUT2D eigenvalue weighted by Crippen LogP contribution is 2.33. The topological polar surface area (TPSA) is 83.9 Å². The van der Waals surface area contributed by atoms with Gasteiger partial charge in [0, 0.05) is 19.6 Å². The third-order valence-corrected chi connectivity index (χ3v) is 4.56. The Morgan fingerprint density at radius 3 is 2.80 bits per heavy atom. The zero-order valence-electron chi connectivity index (χ0n) is 15.5. The molecule has 3 N–H and O–H groups in total. The molecule has 0 aliphatic carbocycles. The van der Waals surface area contributed by atoms with Gasteiger partial charge in [-0.15, -0.1) is 24.0 Å². The van der Waals surface area contributed by atoms with Crippen LogP contribution in [0.15, 0.2) is 21.5 Å². The van der Waals surface area contributed by atoms with Crippen LogP contribution in [0.5, 0.6) is 0 Å². The molecule has 2 heterocycles. The van der Waals surface area contributed by atoms with Gasteiger partial charge in [-0.05, 0) is 43.7 Å². The van der Waals surface area contributed by atoms with Crippen LogP contribution < -0.4 is 11.1 Å². The summed E-state index contributed by atoms with van der Waals surface area (Å²) in [5, 5.41) is 3.37. The first-order chi connectivity index (χ1) is 11.5. The Morgan fingerprint density at radius 2 is 2.20 bits per heavy atom. The molecule has 142 valence electrons. The lowest BCUT2D eigenvalue weighted by molar-refractivity contribution is 0.0972. The molecule has 1 aromatic heterocycles. The molecule has 0 saturated carbocycles. The average Bonchev–Trinajstić information content (AvgIpc) is 3.00. The van der Waals surface area contributed by atoms with Crippen molar-refractivity contribution in [2.24, 2.45) is 16.1 Å². The highest BCUT2D eigenvalue weighted by Gasteiger charge is 2.31. The van der Waals surface area contributed by atoms with E-state index in [-0.39, 0.29) is 29.7 Å². The maximum atomic E-state index is 11.1. The van der Waals surface area contributed by atoms with Gasteiger partial charge < -0.3 is 20.4 Å². The maximum absolute atomic E-state index is 11.1. The number of hydrogen-bond acceptors (Lipinski definition) is 3. The van der Waals surface area contributed by atoms with E-state index in [1.54, 1.807) is 12.1 Å². The fourth-order valence-electron chi connectivity index (χ4n) is 3.48. The summed E-state index contributed by atoms with van der Waals surface area (Å²) in [4.78, 5) is 18.1. The largest absolute Gasteiger partial charge is 0.454 e. The van der Waals surface area contributed by atoms with Crippen molar-refractivity contribution in [2.75, 3.05) is 19.6 Å². The number of piperidine rings is 1. The fraction of sp³-hybridized carbons (Fsp3) is 0.667. The zero-order valence-corrected chi connectivity index (χ0v) is 17.8. The van der Waals surface area contributed by atoms with E-state index in [1.807, 2.05) is 0 Å². The van der Waals surface area contributed by atoms with Gasteiger partial charge in [0.25, 0.3) is 5.91 Å². The SMILES string of the molecule is CCCC1(C)CCCN(C(=NCc2ccc(C(N)=O)o2)NCC)C1.I. The number of rotatable bonds is 6. The van der Waals surface area contributed by atoms with E-state index >= 15 is 0 Å². The van der Waals surface area contributed by atoms with Crippen molar-refractivity contribution in [3.8, 4) is 0 Å². The molecule has 2 rings (SSSR count). The number of furan rings is 1. The number of guanidine groups is 1. The van der Waals surface area contributed by atoms with Crippen molar-refractivity contribution in [1.82, 2.24) is 10.2 Å². The van der Waals surface area contributed by atoms with Crippen LogP contribution in [0.3, 0.4) is 0 Å². The summed E-state index contributed by atoms with van der Waals surface area (Å²) in [6.07, 6.45) is 4.91. The number of likely N-dealkylation sites (tertiary alicyclic amines) is 1. The molecule has 0 radical (unpaired) electrons. The maximum Gasteiger partial charge on any atom is 0.284 e. The van der Waals surface area contributed by atoms with Gasteiger partial charge in [0.15, 0.2) is 11.7 Å². The van der Waals surface area contributed by atoms with Gasteiger partial charge in [0.05, 0.1) is 0 Å². The van der Waals surface area contributed by atoms with E-state index in [0.29, 0.717) is 17.7 Å². The minimum Gasteiger partial charge on any atom is -0.454 e. The molecule has 25 heavy (non-hydrogen) atoms. The fourth-order valence-corrected chi connectivity index (χ4v) is 3.48. The third kappa shape index (κ3) is 6.20. The Balaban J connectivity index is 0.00000312. The Bertz CT molecular complexity index is 583. The first kappa shape index (κ1) is 21.8. The molecular weight excluding hydrogens is 431 g/mol. The van der Waals surface area contributed by atoms with Crippen LogP contribution in [-0.2, 0) is 6.54 Å². The first-order valence-corrected chi connectivity index (χ1v) is 8.89. The van der Waals surface area contributed by atoms with Gasteiger partial charge in [-0.25, -0.2) is 4.99 Å². The highest BCUT2D eigenvalue weighted by molar-refractivity contribution is 14.0. The van der Waals surface area contributed by atoms with Crippen molar-refractivity contribution in [3.05, 3.63) is 23.7 Å². The standard InChI is InChI=1S/C18H30N4O2.HI/c1-4-9-18(3)10-6-11-22(13-18)17(20-5-2)21-12-14-7-8-15(24-14)16(19)23;/h7-8H,4-6,9-13H2,1-3H3,(H2,19,23)(H,20,21);1H. The molecule has 0 spiro atoms. The summed E-state index contributed by atoms with van der Waals surface area (Å²) in [5.74, 6) is 1.19. The number of amides is 1. The molecule has 1 fully saturated rings. The molecule has 1 unspecified atom stereocenters. The molecule has 1 aliphatic heterocycles. The second-order valence-electron chi connectivity index (χ2n) is 6.89. The van der Waals surface area contributed by atoms with Gasteiger partial charge in [-0.2, -0.15) is 0 Å². The summed E-state index contributed by atoms with van der Waals surface area (Å²) in [6, 6.07) is 3.35. The van der Waals surface area contributed by atoms with Crippen LogP contribution in [0.1, 0.15) is 62.8 Å². The van der Waals surface area contributed by atoms with Gasteiger partial charge in [0.1, 0.15) is 12.3 Å². The Morgan fingerprint density at radius 1 is 1.44 bits per heavy atom. The summed E-state index contributed by atoms with van der Waals surface area (Å²) < 4.78 is 5.41. The molecule has 1 atom stereocenters. The monoisotopic (exact) mass is 462 g/mol. The normalized spacial score (nSPS) is 20.9. The van der Waals surface area contributed by atoms with Crippen molar-refractivity contribution in [3.63, 3.8) is 0 Å². The molecular formula is C18H31IN4O2. The summed E-state index contributed by atoms with van der Waals surface area (Å²) in [7, 11) is 0. The predicted molar refractivity (Wildman–Crippen MR) is 111 cm³/mol. The van der Waals surface area contributed by atoms with Crippen molar-refractivity contribution >= 4 is 35.8 Å². The Labute approximate surface area is 167 Å². The smallest absolute Gasteiger partial charge is 0.284 e. The number of nitrogens with one attached hydrogen (secondary N) is 1. The van der Waals surface area contributed by atoms with E-state index in [0.717, 1.165) is 25.6 Å². The number of primary amides is 1. The van der Waals surface area contributed by atoms with Gasteiger partial charge >= 0.3 is 0 Å². The van der Waals surface area contributed by atoms with Crippen molar-refractivity contribution in [1.29, 1.82) is 0 Å². The van der Waals surface area contributed by atoms with Crippen LogP contribution in [0, 0.1) is 5.41 Å². The third-order valence-electron chi connectivity index (χ3n) is 4.56. The van der Waals surface area contributed by atoms with Crippen LogP contribution in [-0.4, -0.2) is 36.4 Å². The van der Waals surface area contributed by atoms with Gasteiger partial charge in [-0.1, -0.05) is 20.3 Å². The minimum absolute atomic E-state index is 0. The number of hydrogen-bond donors (Lipinski definition) is 2. The molecule has 0 aromatic carbocycles. The quantitative estimate of drug-likeness (QED) is 0.386. The van der Waals surface area contributed by atoms with Crippen LogP contribution in [0.25, 0.3) is 0 Å². The minimum atomic E-state index is -0.552. The Kier molecular flexibility index (Phi) is 8.75. The number of halogens is 1. The number of nitrogens with zero attached hydrogens (tertiary/aromatic N) is 2. The van der Waals surface area contributed by atoms with E-state index in [9.17, 15) is 4.79 Å². The van der Waals surface area contributed by atoms with Gasteiger partial charge in [-0.3, -0.25) is 4.79 Å². The number of aliphatic imine (C=N–C) groups is 1. The summed E-state index contributed by atoms with van der Waals surface area (Å²) in [6.45, 7) is 9.96. The second-order valence-corrected chi connectivity index (χ2v) is 6.89. The lowest BCUT2D eigenvalue weighted by Crippen LogP contribution is -2.49. The van der Waals surface area contributed by atoms with Crippen LogP contribution in [0.4, 0.5) is 0 Å². The molecule has 1 aromatic rings. The highest BCUT2D eigenvalue weighted by atomic mass is 127. The molecule has 0 bridgehead atoms. The molecule has 7 heteroatoms. The number of carbonyl (C=O) groups is 1. The lowest BCUT2D eigenvalue weighted by atomic mass is 9.78. The molecule has 1 aliphatic rings. The lowest BCUT2D eigenvalue weighted by Gasteiger charge is -2.42. The van der Waals surface area contributed by atoms with Crippen LogP contribution in [0.2, 0.25) is 0 Å². The number of nitrogens with two attached hydrogens (primary N) is 1. The van der Waals surface area contributed by atoms with E-state index in [1.165, 1.54) is 25.7 Å². The second kappa shape index (κ2) is 10.0. The first-order valence-electron chi connectivity index (χ1n) is 8.89.